The van der Waals surface area contributed by atoms with Gasteiger partial charge in [0.2, 0.25) is 11.8 Å². The molecule has 0 N–H and O–H groups in total. The highest BCUT2D eigenvalue weighted by molar-refractivity contribution is 5.85. The Kier molecular flexibility index (Phi) is 7.98. The van der Waals surface area contributed by atoms with Gasteiger partial charge in [0.25, 0.3) is 0 Å². The summed E-state index contributed by atoms with van der Waals surface area (Å²) in [5.74, 6) is 0.795. The number of hydrogen-bond donors (Lipinski definition) is 0. The van der Waals surface area contributed by atoms with Crippen molar-refractivity contribution in [3.63, 3.8) is 0 Å². The third-order valence-electron chi connectivity index (χ3n) is 5.52. The molecule has 2 heterocycles. The Morgan fingerprint density at radius 3 is 2.42 bits per heavy atom. The van der Waals surface area contributed by atoms with E-state index in [0.717, 1.165) is 36.5 Å². The highest BCUT2D eigenvalue weighted by atomic mass is 16.2. The van der Waals surface area contributed by atoms with Gasteiger partial charge in [0, 0.05) is 44.2 Å². The highest BCUT2D eigenvalue weighted by Gasteiger charge is 2.24. The van der Waals surface area contributed by atoms with E-state index in [1.54, 1.807) is 4.90 Å². The van der Waals surface area contributed by atoms with E-state index in [0.29, 0.717) is 26.2 Å². The normalized spacial score (nSPS) is 14.5. The molecule has 0 radical (unpaired) electrons. The van der Waals surface area contributed by atoms with Crippen LogP contribution < -0.4 is 4.90 Å². The second-order valence-corrected chi connectivity index (χ2v) is 8.28. The zero-order valence-corrected chi connectivity index (χ0v) is 18.8. The van der Waals surface area contributed by atoms with Crippen molar-refractivity contribution >= 4 is 17.6 Å². The van der Waals surface area contributed by atoms with Crippen molar-refractivity contribution in [2.24, 2.45) is 5.92 Å². The summed E-state index contributed by atoms with van der Waals surface area (Å²) in [6.07, 6.45) is 1.71. The number of benzene rings is 1. The molecular weight excluding hydrogens is 390 g/mol. The molecule has 1 aromatic carbocycles. The van der Waals surface area contributed by atoms with Gasteiger partial charge in [-0.3, -0.25) is 9.59 Å². The number of rotatable bonds is 7. The van der Waals surface area contributed by atoms with Crippen LogP contribution in [0.3, 0.4) is 0 Å². The van der Waals surface area contributed by atoms with Gasteiger partial charge in [-0.2, -0.15) is 0 Å². The van der Waals surface area contributed by atoms with Crippen LogP contribution in [0.25, 0.3) is 11.3 Å². The first-order chi connectivity index (χ1) is 15.0. The van der Waals surface area contributed by atoms with Crippen LogP contribution in [-0.2, 0) is 9.59 Å². The van der Waals surface area contributed by atoms with Gasteiger partial charge in [-0.25, -0.2) is 0 Å². The molecule has 166 valence electrons. The zero-order chi connectivity index (χ0) is 22.2. The molecule has 7 nitrogen and oxygen atoms in total. The van der Waals surface area contributed by atoms with Gasteiger partial charge >= 0.3 is 0 Å². The van der Waals surface area contributed by atoms with E-state index >= 15 is 0 Å². The number of aromatic nitrogens is 2. The average Bonchev–Trinajstić information content (AvgIpc) is 3.05. The predicted molar refractivity (Wildman–Crippen MR) is 123 cm³/mol. The highest BCUT2D eigenvalue weighted by Crippen LogP contribution is 2.19. The number of hydrogen-bond acceptors (Lipinski definition) is 5. The van der Waals surface area contributed by atoms with Crippen LogP contribution in [0.5, 0.6) is 0 Å². The number of anilines is 1. The molecule has 0 saturated carbocycles. The van der Waals surface area contributed by atoms with Crippen LogP contribution in [-0.4, -0.2) is 71.1 Å². The molecule has 0 aliphatic carbocycles. The first kappa shape index (κ1) is 22.7. The molecule has 1 aliphatic rings. The standard InChI is InChI=1S/C24H33N5O2/c1-4-13-29(24(31)19(2)3)18-23(30)28-15-8-14-27(16-17-28)22-12-11-21(25-26-22)20-9-6-5-7-10-20/h5-7,9-12,19H,4,8,13-18H2,1-3H3. The Bertz CT molecular complexity index is 854. The molecule has 2 aromatic rings. The lowest BCUT2D eigenvalue weighted by Gasteiger charge is -2.28. The molecule has 31 heavy (non-hydrogen) atoms. The van der Waals surface area contributed by atoms with E-state index < -0.39 is 0 Å². The van der Waals surface area contributed by atoms with Crippen molar-refractivity contribution in [2.75, 3.05) is 44.2 Å². The Balaban J connectivity index is 1.59. The minimum Gasteiger partial charge on any atom is -0.353 e. The maximum atomic E-state index is 12.9. The molecule has 1 aliphatic heterocycles. The number of amides is 2. The second kappa shape index (κ2) is 10.9. The van der Waals surface area contributed by atoms with Crippen LogP contribution in [0.1, 0.15) is 33.6 Å². The van der Waals surface area contributed by atoms with E-state index in [1.807, 2.05) is 68.1 Å². The first-order valence-electron chi connectivity index (χ1n) is 11.2. The molecule has 3 rings (SSSR count). The Morgan fingerprint density at radius 1 is 1.00 bits per heavy atom. The summed E-state index contributed by atoms with van der Waals surface area (Å²) < 4.78 is 0. The summed E-state index contributed by atoms with van der Waals surface area (Å²) in [6.45, 7) is 9.41. The lowest BCUT2D eigenvalue weighted by atomic mass is 10.1. The molecule has 2 amide bonds. The molecular formula is C24H33N5O2. The molecule has 1 saturated heterocycles. The molecule has 0 bridgehead atoms. The van der Waals surface area contributed by atoms with Crippen molar-refractivity contribution in [3.05, 3.63) is 42.5 Å². The van der Waals surface area contributed by atoms with Crippen LogP contribution in [0, 0.1) is 5.92 Å². The number of carbonyl (C=O) groups excluding carboxylic acids is 2. The lowest BCUT2D eigenvalue weighted by Crippen LogP contribution is -2.45. The first-order valence-corrected chi connectivity index (χ1v) is 11.2. The minimum atomic E-state index is -0.101. The second-order valence-electron chi connectivity index (χ2n) is 8.28. The molecule has 0 spiro atoms. The monoisotopic (exact) mass is 423 g/mol. The van der Waals surface area contributed by atoms with Crippen molar-refractivity contribution in [2.45, 2.75) is 33.6 Å². The van der Waals surface area contributed by atoms with Gasteiger partial charge in [0.05, 0.1) is 12.2 Å². The van der Waals surface area contributed by atoms with Crippen LogP contribution in [0.4, 0.5) is 5.82 Å². The zero-order valence-electron chi connectivity index (χ0n) is 18.8. The van der Waals surface area contributed by atoms with Crippen molar-refractivity contribution in [1.29, 1.82) is 0 Å². The predicted octanol–water partition coefficient (Wildman–Crippen LogP) is 3.08. The van der Waals surface area contributed by atoms with E-state index in [4.69, 9.17) is 0 Å². The van der Waals surface area contributed by atoms with Gasteiger partial charge in [-0.05, 0) is 25.0 Å². The summed E-state index contributed by atoms with van der Waals surface area (Å²) in [5.41, 5.74) is 1.89. The SMILES string of the molecule is CCCN(CC(=O)N1CCCN(c2ccc(-c3ccccc3)nn2)CC1)C(=O)C(C)C. The Hall–Kier alpha value is -2.96. The molecule has 7 heteroatoms. The van der Waals surface area contributed by atoms with Crippen molar-refractivity contribution in [3.8, 4) is 11.3 Å². The Labute approximate surface area is 185 Å². The Morgan fingerprint density at radius 2 is 1.77 bits per heavy atom. The van der Waals surface area contributed by atoms with Crippen LogP contribution >= 0.6 is 0 Å². The third kappa shape index (κ3) is 6.03. The molecule has 1 aromatic heterocycles. The fourth-order valence-corrected chi connectivity index (χ4v) is 3.82. The average molecular weight is 424 g/mol. The summed E-state index contributed by atoms with van der Waals surface area (Å²) in [5, 5.41) is 8.81. The molecule has 0 unspecified atom stereocenters. The van der Waals surface area contributed by atoms with Crippen LogP contribution in [0.15, 0.2) is 42.5 Å². The largest absolute Gasteiger partial charge is 0.353 e. The maximum absolute atomic E-state index is 12.9. The third-order valence-corrected chi connectivity index (χ3v) is 5.52. The topological polar surface area (TPSA) is 69.6 Å². The number of carbonyl (C=O) groups is 2. The van der Waals surface area contributed by atoms with Crippen molar-refractivity contribution < 1.29 is 9.59 Å². The van der Waals surface area contributed by atoms with Gasteiger partial charge in [-0.15, -0.1) is 10.2 Å². The van der Waals surface area contributed by atoms with Crippen LogP contribution in [0.2, 0.25) is 0 Å². The smallest absolute Gasteiger partial charge is 0.242 e. The summed E-state index contributed by atoms with van der Waals surface area (Å²) >= 11 is 0. The fraction of sp³-hybridized carbons (Fsp3) is 0.500. The lowest BCUT2D eigenvalue weighted by molar-refractivity contribution is -0.142. The van der Waals surface area contributed by atoms with E-state index in [1.165, 1.54) is 0 Å². The van der Waals surface area contributed by atoms with E-state index in [2.05, 4.69) is 15.1 Å². The van der Waals surface area contributed by atoms with Gasteiger partial charge in [-0.1, -0.05) is 51.1 Å². The van der Waals surface area contributed by atoms with E-state index in [-0.39, 0.29) is 24.3 Å². The molecule has 1 fully saturated rings. The fourth-order valence-electron chi connectivity index (χ4n) is 3.82. The minimum absolute atomic E-state index is 0.0230. The summed E-state index contributed by atoms with van der Waals surface area (Å²) in [4.78, 5) is 31.1. The van der Waals surface area contributed by atoms with Crippen molar-refractivity contribution in [1.82, 2.24) is 20.0 Å². The van der Waals surface area contributed by atoms with Gasteiger partial charge in [0.1, 0.15) is 0 Å². The van der Waals surface area contributed by atoms with Gasteiger partial charge in [0.15, 0.2) is 5.82 Å². The van der Waals surface area contributed by atoms with E-state index in [9.17, 15) is 9.59 Å². The summed E-state index contributed by atoms with van der Waals surface area (Å²) in [6, 6.07) is 14.0. The quantitative estimate of drug-likeness (QED) is 0.685. The maximum Gasteiger partial charge on any atom is 0.242 e. The molecule has 0 atom stereocenters. The van der Waals surface area contributed by atoms with Gasteiger partial charge < -0.3 is 14.7 Å². The summed E-state index contributed by atoms with van der Waals surface area (Å²) in [7, 11) is 0. The number of nitrogens with zero attached hydrogens (tertiary/aromatic N) is 5.